The van der Waals surface area contributed by atoms with Crippen molar-refractivity contribution in [2.75, 3.05) is 12.8 Å². The van der Waals surface area contributed by atoms with E-state index in [0.717, 1.165) is 18.7 Å². The fourth-order valence-corrected chi connectivity index (χ4v) is 2.04. The Morgan fingerprint density at radius 1 is 1.47 bits per heavy atom. The van der Waals surface area contributed by atoms with Gasteiger partial charge in [0.2, 0.25) is 0 Å². The molecule has 0 radical (unpaired) electrons. The molecule has 0 bridgehead atoms. The van der Waals surface area contributed by atoms with Gasteiger partial charge in [-0.2, -0.15) is 0 Å². The first kappa shape index (κ1) is 14.0. The van der Waals surface area contributed by atoms with Gasteiger partial charge in [0.15, 0.2) is 5.12 Å². The second-order valence-corrected chi connectivity index (χ2v) is 5.08. The third-order valence-corrected chi connectivity index (χ3v) is 3.08. The third-order valence-electron chi connectivity index (χ3n) is 2.23. The molecule has 0 amide bonds. The topological polar surface area (TPSA) is 29.1 Å². The molecule has 0 spiro atoms. The molecule has 1 aromatic carbocycles. The Bertz CT molecular complexity index is 388. The number of rotatable bonds is 6. The smallest absolute Gasteiger partial charge is 0.185 e. The number of nitrogens with one attached hydrogen (secondary N) is 1. The average Bonchev–Trinajstić information content (AvgIpc) is 2.29. The number of hydrogen-bond donors (Lipinski definition) is 1. The summed E-state index contributed by atoms with van der Waals surface area (Å²) >= 11 is 1.38. The van der Waals surface area contributed by atoms with E-state index in [1.54, 1.807) is 6.92 Å². The van der Waals surface area contributed by atoms with E-state index in [1.165, 1.54) is 22.9 Å². The first-order valence-electron chi connectivity index (χ1n) is 5.76. The summed E-state index contributed by atoms with van der Waals surface area (Å²) in [7, 11) is 1.95. The molecular formula is C14H19NOS. The van der Waals surface area contributed by atoms with Crippen molar-refractivity contribution in [2.24, 2.45) is 0 Å². The summed E-state index contributed by atoms with van der Waals surface area (Å²) in [4.78, 5) is 10.7. The number of allylic oxidation sites excluding steroid dienone is 1. The predicted molar refractivity (Wildman–Crippen MR) is 76.0 cm³/mol. The number of carbonyl (C=O) groups is 1. The van der Waals surface area contributed by atoms with Crippen LogP contribution >= 0.6 is 11.8 Å². The van der Waals surface area contributed by atoms with Crippen molar-refractivity contribution in [3.63, 3.8) is 0 Å². The van der Waals surface area contributed by atoms with E-state index in [0.29, 0.717) is 0 Å². The molecule has 0 aliphatic rings. The van der Waals surface area contributed by atoms with Gasteiger partial charge in [-0.1, -0.05) is 48.2 Å². The quantitative estimate of drug-likeness (QED) is 0.786. The van der Waals surface area contributed by atoms with Gasteiger partial charge in [-0.3, -0.25) is 4.79 Å². The van der Waals surface area contributed by atoms with Gasteiger partial charge in [0.05, 0.1) is 0 Å². The molecule has 0 aliphatic carbocycles. The second kappa shape index (κ2) is 8.09. The Morgan fingerprint density at radius 2 is 2.29 bits per heavy atom. The largest absolute Gasteiger partial charge is 0.316 e. The van der Waals surface area contributed by atoms with Crippen LogP contribution in [-0.2, 0) is 11.3 Å². The van der Waals surface area contributed by atoms with Crippen molar-refractivity contribution in [2.45, 2.75) is 19.9 Å². The maximum Gasteiger partial charge on any atom is 0.185 e. The van der Waals surface area contributed by atoms with E-state index in [1.807, 2.05) is 7.05 Å². The zero-order valence-corrected chi connectivity index (χ0v) is 11.2. The molecule has 0 saturated carbocycles. The molecule has 1 N–H and O–H groups in total. The average molecular weight is 249 g/mol. The van der Waals surface area contributed by atoms with Crippen molar-refractivity contribution in [3.8, 4) is 0 Å². The molecular weight excluding hydrogens is 230 g/mol. The van der Waals surface area contributed by atoms with Crippen molar-refractivity contribution in [3.05, 3.63) is 41.5 Å². The van der Waals surface area contributed by atoms with Gasteiger partial charge in [-0.15, -0.1) is 0 Å². The zero-order chi connectivity index (χ0) is 12.5. The second-order valence-electron chi connectivity index (χ2n) is 3.81. The molecule has 1 aromatic rings. The molecule has 3 heteroatoms. The van der Waals surface area contributed by atoms with Crippen LogP contribution < -0.4 is 5.32 Å². The van der Waals surface area contributed by atoms with Crippen molar-refractivity contribution < 1.29 is 4.79 Å². The number of hydrogen-bond acceptors (Lipinski definition) is 3. The lowest BCUT2D eigenvalue weighted by Gasteiger charge is -2.01. The van der Waals surface area contributed by atoms with E-state index in [-0.39, 0.29) is 5.12 Å². The normalized spacial score (nSPS) is 10.9. The van der Waals surface area contributed by atoms with E-state index >= 15 is 0 Å². The number of carbonyl (C=O) groups excluding carboxylic acids is 1. The molecule has 0 fully saturated rings. The van der Waals surface area contributed by atoms with E-state index in [9.17, 15) is 4.79 Å². The van der Waals surface area contributed by atoms with E-state index in [2.05, 4.69) is 41.7 Å². The highest BCUT2D eigenvalue weighted by Crippen LogP contribution is 2.09. The van der Waals surface area contributed by atoms with Crippen LogP contribution in [0.15, 0.2) is 30.3 Å². The highest BCUT2D eigenvalue weighted by molar-refractivity contribution is 8.13. The summed E-state index contributed by atoms with van der Waals surface area (Å²) in [6.07, 6.45) is 5.16. The van der Waals surface area contributed by atoms with Gasteiger partial charge >= 0.3 is 0 Å². The lowest BCUT2D eigenvalue weighted by molar-refractivity contribution is -0.109. The Labute approximate surface area is 107 Å². The Kier molecular flexibility index (Phi) is 6.67. The summed E-state index contributed by atoms with van der Waals surface area (Å²) in [6, 6.07) is 8.44. The van der Waals surface area contributed by atoms with Crippen molar-refractivity contribution in [1.29, 1.82) is 0 Å². The molecule has 0 aliphatic heterocycles. The summed E-state index contributed by atoms with van der Waals surface area (Å²) in [5, 5.41) is 3.32. The lowest BCUT2D eigenvalue weighted by Crippen LogP contribution is -2.04. The van der Waals surface area contributed by atoms with Crippen LogP contribution in [0, 0.1) is 0 Å². The molecule has 92 valence electrons. The predicted octanol–water partition coefficient (Wildman–Crippen LogP) is 3.09. The highest BCUT2D eigenvalue weighted by atomic mass is 32.2. The molecule has 0 unspecified atom stereocenters. The summed E-state index contributed by atoms with van der Waals surface area (Å²) in [5.74, 6) is 0.863. The van der Waals surface area contributed by atoms with Gasteiger partial charge in [-0.05, 0) is 24.6 Å². The van der Waals surface area contributed by atoms with Gasteiger partial charge in [0, 0.05) is 19.2 Å². The fourth-order valence-electron chi connectivity index (χ4n) is 1.50. The minimum atomic E-state index is 0.189. The highest BCUT2D eigenvalue weighted by Gasteiger charge is 1.93. The Balaban J connectivity index is 2.42. The van der Waals surface area contributed by atoms with Crippen LogP contribution in [0.3, 0.4) is 0 Å². The maximum absolute atomic E-state index is 10.7. The molecule has 17 heavy (non-hydrogen) atoms. The SMILES string of the molecule is CNCc1cccc(C=CCCSC(C)=O)c1. The minimum Gasteiger partial charge on any atom is -0.316 e. The molecule has 2 nitrogen and oxygen atoms in total. The van der Waals surface area contributed by atoms with Crippen LogP contribution in [0.2, 0.25) is 0 Å². The third kappa shape index (κ3) is 6.29. The van der Waals surface area contributed by atoms with E-state index in [4.69, 9.17) is 0 Å². The summed E-state index contributed by atoms with van der Waals surface area (Å²) < 4.78 is 0. The minimum absolute atomic E-state index is 0.189. The zero-order valence-electron chi connectivity index (χ0n) is 10.4. The standard InChI is InChI=1S/C14H19NOS/c1-12(16)17-9-4-3-6-13-7-5-8-14(10-13)11-15-2/h3,5-8,10,15H,4,9,11H2,1-2H3. The molecule has 0 saturated heterocycles. The van der Waals surface area contributed by atoms with E-state index < -0.39 is 0 Å². The number of thioether (sulfide) groups is 1. The molecule has 0 heterocycles. The lowest BCUT2D eigenvalue weighted by atomic mass is 10.1. The fraction of sp³-hybridized carbons (Fsp3) is 0.357. The number of benzene rings is 1. The van der Waals surface area contributed by atoms with Crippen molar-refractivity contribution >= 4 is 23.0 Å². The van der Waals surface area contributed by atoms with Gasteiger partial charge < -0.3 is 5.32 Å². The maximum atomic E-state index is 10.7. The van der Waals surface area contributed by atoms with Gasteiger partial charge in [0.1, 0.15) is 0 Å². The molecule has 0 aromatic heterocycles. The Morgan fingerprint density at radius 3 is 3.00 bits per heavy atom. The van der Waals surface area contributed by atoms with Crippen LogP contribution in [0.4, 0.5) is 0 Å². The van der Waals surface area contributed by atoms with Crippen LogP contribution in [0.25, 0.3) is 6.08 Å². The van der Waals surface area contributed by atoms with Gasteiger partial charge in [0.25, 0.3) is 0 Å². The van der Waals surface area contributed by atoms with Crippen LogP contribution in [0.5, 0.6) is 0 Å². The molecule has 1 rings (SSSR count). The Hall–Kier alpha value is -1.06. The molecule has 0 atom stereocenters. The summed E-state index contributed by atoms with van der Waals surface area (Å²) in [6.45, 7) is 2.50. The van der Waals surface area contributed by atoms with Crippen LogP contribution in [-0.4, -0.2) is 17.9 Å². The summed E-state index contributed by atoms with van der Waals surface area (Å²) in [5.41, 5.74) is 2.50. The van der Waals surface area contributed by atoms with Crippen LogP contribution in [0.1, 0.15) is 24.5 Å². The first-order chi connectivity index (χ1) is 8.22. The van der Waals surface area contributed by atoms with Crippen molar-refractivity contribution in [1.82, 2.24) is 5.32 Å². The van der Waals surface area contributed by atoms with Gasteiger partial charge in [-0.25, -0.2) is 0 Å². The monoisotopic (exact) mass is 249 g/mol. The first-order valence-corrected chi connectivity index (χ1v) is 6.74.